The number of hydrogen-bond donors (Lipinski definition) is 4. The highest BCUT2D eigenvalue weighted by atomic mass is 35.5. The van der Waals surface area contributed by atoms with E-state index in [4.69, 9.17) is 16.8 Å². The van der Waals surface area contributed by atoms with Crippen molar-refractivity contribution >= 4 is 35.0 Å². The first-order chi connectivity index (χ1) is 9.51. The zero-order chi connectivity index (χ0) is 15.0. The molecule has 0 saturated carbocycles. The van der Waals surface area contributed by atoms with Crippen molar-refractivity contribution in [3.63, 3.8) is 0 Å². The normalized spacial score (nSPS) is 9.70. The molecule has 0 saturated heterocycles. The first-order valence-corrected chi connectivity index (χ1v) is 6.14. The maximum atomic E-state index is 11.6. The Balaban J connectivity index is 2.27. The van der Waals surface area contributed by atoms with Crippen LogP contribution in [0.25, 0.3) is 0 Å². The lowest BCUT2D eigenvalue weighted by Crippen LogP contribution is -2.35. The van der Waals surface area contributed by atoms with Gasteiger partial charge in [-0.1, -0.05) is 11.6 Å². The summed E-state index contributed by atoms with van der Waals surface area (Å²) in [6, 6.07) is 6.56. The van der Waals surface area contributed by atoms with Gasteiger partial charge in [0, 0.05) is 23.6 Å². The fourth-order valence-corrected chi connectivity index (χ4v) is 1.42. The lowest BCUT2D eigenvalue weighted by molar-refractivity contribution is -0.131. The van der Waals surface area contributed by atoms with E-state index < -0.39 is 11.8 Å². The Bertz CT molecular complexity index is 490. The summed E-state index contributed by atoms with van der Waals surface area (Å²) >= 11 is 5.71. The lowest BCUT2D eigenvalue weighted by Gasteiger charge is -2.06. The quantitative estimate of drug-likeness (QED) is 0.457. The van der Waals surface area contributed by atoms with Crippen molar-refractivity contribution in [2.24, 2.45) is 0 Å². The molecule has 0 radical (unpaired) electrons. The molecule has 0 bridgehead atoms. The molecule has 0 aliphatic heterocycles. The van der Waals surface area contributed by atoms with Gasteiger partial charge in [0.05, 0.1) is 6.54 Å². The van der Waals surface area contributed by atoms with Crippen LogP contribution in [0.1, 0.15) is 12.8 Å². The molecule has 1 rings (SSSR count). The van der Waals surface area contributed by atoms with Crippen molar-refractivity contribution in [3.05, 3.63) is 29.3 Å². The molecule has 0 aliphatic rings. The van der Waals surface area contributed by atoms with Gasteiger partial charge in [0.25, 0.3) is 5.91 Å². The van der Waals surface area contributed by atoms with Gasteiger partial charge in [0.15, 0.2) is 0 Å². The van der Waals surface area contributed by atoms with Gasteiger partial charge in [-0.15, -0.1) is 0 Å². The van der Waals surface area contributed by atoms with E-state index in [2.05, 4.69) is 10.6 Å². The number of benzene rings is 1. The molecule has 1 aromatic carbocycles. The van der Waals surface area contributed by atoms with Crippen LogP contribution < -0.4 is 16.1 Å². The predicted molar refractivity (Wildman–Crippen MR) is 72.3 cm³/mol. The van der Waals surface area contributed by atoms with Crippen LogP contribution in [0.15, 0.2) is 24.3 Å². The Labute approximate surface area is 120 Å². The Kier molecular flexibility index (Phi) is 6.48. The van der Waals surface area contributed by atoms with Crippen LogP contribution in [-0.4, -0.2) is 29.5 Å². The smallest absolute Gasteiger partial charge is 0.262 e. The molecule has 1 aromatic rings. The number of amides is 3. The summed E-state index contributed by atoms with van der Waals surface area (Å²) in [6.45, 7) is -0.339. The SMILES string of the molecule is O=C(CNC(=O)CCC(=O)Nc1ccc(Cl)cc1)NO. The Morgan fingerprint density at radius 1 is 1.00 bits per heavy atom. The van der Waals surface area contributed by atoms with Gasteiger partial charge in [-0.05, 0) is 24.3 Å². The summed E-state index contributed by atoms with van der Waals surface area (Å²) in [5, 5.41) is 13.6. The van der Waals surface area contributed by atoms with Crippen LogP contribution in [0.5, 0.6) is 0 Å². The Morgan fingerprint density at radius 3 is 2.20 bits per heavy atom. The van der Waals surface area contributed by atoms with Gasteiger partial charge in [-0.2, -0.15) is 0 Å². The molecule has 0 aromatic heterocycles. The third-order valence-electron chi connectivity index (χ3n) is 2.28. The molecule has 20 heavy (non-hydrogen) atoms. The molecule has 4 N–H and O–H groups in total. The third-order valence-corrected chi connectivity index (χ3v) is 2.53. The molecule has 0 unspecified atom stereocenters. The fourth-order valence-electron chi connectivity index (χ4n) is 1.29. The second kappa shape index (κ2) is 8.13. The number of carbonyl (C=O) groups excluding carboxylic acids is 3. The zero-order valence-electron chi connectivity index (χ0n) is 10.5. The predicted octanol–water partition coefficient (Wildman–Crippen LogP) is 0.680. The van der Waals surface area contributed by atoms with Crippen molar-refractivity contribution in [3.8, 4) is 0 Å². The summed E-state index contributed by atoms with van der Waals surface area (Å²) < 4.78 is 0. The maximum Gasteiger partial charge on any atom is 0.262 e. The van der Waals surface area contributed by atoms with Gasteiger partial charge in [-0.25, -0.2) is 5.48 Å². The van der Waals surface area contributed by atoms with E-state index in [-0.39, 0.29) is 25.3 Å². The van der Waals surface area contributed by atoms with Gasteiger partial charge >= 0.3 is 0 Å². The van der Waals surface area contributed by atoms with E-state index in [0.29, 0.717) is 10.7 Å². The van der Waals surface area contributed by atoms with Crippen LogP contribution in [0.4, 0.5) is 5.69 Å². The van der Waals surface area contributed by atoms with Crippen LogP contribution in [0, 0.1) is 0 Å². The van der Waals surface area contributed by atoms with Crippen LogP contribution in [0.3, 0.4) is 0 Å². The Morgan fingerprint density at radius 2 is 1.60 bits per heavy atom. The standard InChI is InChI=1S/C12H14ClN3O4/c13-8-1-3-9(4-2-8)15-11(18)6-5-10(17)14-7-12(19)16-20/h1-4,20H,5-7H2,(H,14,17)(H,15,18)(H,16,19). The molecule has 0 atom stereocenters. The van der Waals surface area contributed by atoms with Crippen LogP contribution >= 0.6 is 11.6 Å². The molecule has 0 spiro atoms. The van der Waals surface area contributed by atoms with E-state index in [1.54, 1.807) is 24.3 Å². The molecular formula is C12H14ClN3O4. The number of rotatable bonds is 6. The van der Waals surface area contributed by atoms with E-state index >= 15 is 0 Å². The average Bonchev–Trinajstić information content (AvgIpc) is 2.45. The van der Waals surface area contributed by atoms with Crippen molar-refractivity contribution in [1.82, 2.24) is 10.8 Å². The number of halogens is 1. The van der Waals surface area contributed by atoms with Gasteiger partial charge in [0.1, 0.15) is 0 Å². The second-order valence-electron chi connectivity index (χ2n) is 3.87. The topological polar surface area (TPSA) is 108 Å². The highest BCUT2D eigenvalue weighted by Crippen LogP contribution is 2.13. The van der Waals surface area contributed by atoms with E-state index in [9.17, 15) is 14.4 Å². The van der Waals surface area contributed by atoms with Gasteiger partial charge < -0.3 is 10.6 Å². The van der Waals surface area contributed by atoms with Crippen molar-refractivity contribution in [2.45, 2.75) is 12.8 Å². The fraction of sp³-hybridized carbons (Fsp3) is 0.250. The summed E-state index contributed by atoms with van der Waals surface area (Å²) in [7, 11) is 0. The number of hydrogen-bond acceptors (Lipinski definition) is 4. The van der Waals surface area contributed by atoms with Gasteiger partial charge in [0.2, 0.25) is 11.8 Å². The summed E-state index contributed by atoms with van der Waals surface area (Å²) in [5.74, 6) is -1.52. The average molecular weight is 300 g/mol. The monoisotopic (exact) mass is 299 g/mol. The number of hydroxylamine groups is 1. The number of anilines is 1. The largest absolute Gasteiger partial charge is 0.347 e. The molecule has 7 nitrogen and oxygen atoms in total. The molecule has 3 amide bonds. The molecule has 0 heterocycles. The van der Waals surface area contributed by atoms with Crippen molar-refractivity contribution in [1.29, 1.82) is 0 Å². The minimum Gasteiger partial charge on any atom is -0.347 e. The minimum atomic E-state index is -0.732. The molecule has 8 heteroatoms. The highest BCUT2D eigenvalue weighted by molar-refractivity contribution is 6.30. The summed E-state index contributed by atoms with van der Waals surface area (Å²) in [6.07, 6.45) is -0.0761. The van der Waals surface area contributed by atoms with Crippen molar-refractivity contribution < 1.29 is 19.6 Å². The molecule has 0 aliphatic carbocycles. The van der Waals surface area contributed by atoms with Crippen molar-refractivity contribution in [2.75, 3.05) is 11.9 Å². The molecular weight excluding hydrogens is 286 g/mol. The summed E-state index contributed by atoms with van der Waals surface area (Å²) in [4.78, 5) is 33.5. The van der Waals surface area contributed by atoms with Gasteiger partial charge in [-0.3, -0.25) is 19.6 Å². The van der Waals surface area contributed by atoms with E-state index in [0.717, 1.165) is 0 Å². The molecule has 0 fully saturated rings. The van der Waals surface area contributed by atoms with Crippen LogP contribution in [-0.2, 0) is 14.4 Å². The van der Waals surface area contributed by atoms with E-state index in [1.165, 1.54) is 5.48 Å². The minimum absolute atomic E-state index is 0.0186. The second-order valence-corrected chi connectivity index (χ2v) is 4.30. The Hall–Kier alpha value is -2.12. The first kappa shape index (κ1) is 15.9. The highest BCUT2D eigenvalue weighted by Gasteiger charge is 2.08. The maximum absolute atomic E-state index is 11.6. The van der Waals surface area contributed by atoms with E-state index in [1.807, 2.05) is 0 Å². The summed E-state index contributed by atoms with van der Waals surface area (Å²) in [5.41, 5.74) is 1.96. The van der Waals surface area contributed by atoms with Crippen LogP contribution in [0.2, 0.25) is 5.02 Å². The number of nitrogens with one attached hydrogen (secondary N) is 3. The number of carbonyl (C=O) groups is 3. The first-order valence-electron chi connectivity index (χ1n) is 5.76. The third kappa shape index (κ3) is 6.17. The zero-order valence-corrected chi connectivity index (χ0v) is 11.2. The molecule has 108 valence electrons. The lowest BCUT2D eigenvalue weighted by atomic mass is 10.2.